The van der Waals surface area contributed by atoms with Crippen LogP contribution in [-0.2, 0) is 4.79 Å². The third-order valence-electron chi connectivity index (χ3n) is 3.30. The third kappa shape index (κ3) is 2.35. The molecule has 0 saturated carbocycles. The van der Waals surface area contributed by atoms with Crippen LogP contribution in [0.4, 0.5) is 0 Å². The van der Waals surface area contributed by atoms with Crippen molar-refractivity contribution in [1.29, 1.82) is 0 Å². The molecule has 2 unspecified atom stereocenters. The van der Waals surface area contributed by atoms with E-state index >= 15 is 0 Å². The maximum Gasteiger partial charge on any atom is 0.312 e. The van der Waals surface area contributed by atoms with Crippen molar-refractivity contribution in [3.05, 3.63) is 57.6 Å². The molecule has 5 heteroatoms. The first-order valence-electron chi connectivity index (χ1n) is 6.16. The van der Waals surface area contributed by atoms with E-state index in [0.29, 0.717) is 0 Å². The molecule has 3 rings (SSSR count). The van der Waals surface area contributed by atoms with Gasteiger partial charge in [-0.2, -0.15) is 11.3 Å². The molecule has 20 heavy (non-hydrogen) atoms. The van der Waals surface area contributed by atoms with Gasteiger partial charge in [-0.25, -0.2) is 0 Å². The van der Waals surface area contributed by atoms with Crippen molar-refractivity contribution >= 4 is 38.7 Å². The Kier molecular flexibility index (Phi) is 3.56. The Labute approximate surface area is 124 Å². The average Bonchev–Trinajstić information content (AvgIpc) is 3.06. The molecular formula is C15H13NO2S2. The van der Waals surface area contributed by atoms with Crippen LogP contribution in [-0.4, -0.2) is 11.1 Å². The van der Waals surface area contributed by atoms with Gasteiger partial charge in [0.25, 0.3) is 0 Å². The molecule has 0 aliphatic heterocycles. The fourth-order valence-electron chi connectivity index (χ4n) is 2.29. The van der Waals surface area contributed by atoms with Crippen LogP contribution in [0.15, 0.2) is 47.2 Å². The van der Waals surface area contributed by atoms with Crippen LogP contribution in [0.5, 0.6) is 0 Å². The lowest BCUT2D eigenvalue weighted by Gasteiger charge is -2.18. The molecule has 3 N–H and O–H groups in total. The molecule has 2 heterocycles. The van der Waals surface area contributed by atoms with Gasteiger partial charge >= 0.3 is 5.97 Å². The van der Waals surface area contributed by atoms with Crippen molar-refractivity contribution in [2.45, 2.75) is 12.0 Å². The van der Waals surface area contributed by atoms with Crippen LogP contribution in [0.2, 0.25) is 0 Å². The molecular weight excluding hydrogens is 290 g/mol. The zero-order valence-corrected chi connectivity index (χ0v) is 12.2. The predicted molar refractivity (Wildman–Crippen MR) is 83.4 cm³/mol. The molecule has 2 atom stereocenters. The van der Waals surface area contributed by atoms with Crippen molar-refractivity contribution in [2.24, 2.45) is 5.73 Å². The Bertz CT molecular complexity index is 700. The minimum atomic E-state index is -0.881. The Hall–Kier alpha value is -1.69. The normalized spacial score (nSPS) is 14.2. The summed E-state index contributed by atoms with van der Waals surface area (Å²) in [5, 5.41) is 14.3. The minimum Gasteiger partial charge on any atom is -0.481 e. The summed E-state index contributed by atoms with van der Waals surface area (Å²) in [7, 11) is 0. The minimum absolute atomic E-state index is 0.528. The Balaban J connectivity index is 2.01. The second-order valence-electron chi connectivity index (χ2n) is 4.58. The van der Waals surface area contributed by atoms with E-state index in [1.165, 1.54) is 11.3 Å². The molecule has 102 valence electrons. The number of hydrogen-bond donors (Lipinski definition) is 2. The number of thiophene rings is 2. The van der Waals surface area contributed by atoms with Gasteiger partial charge in [-0.15, -0.1) is 11.3 Å². The van der Waals surface area contributed by atoms with E-state index in [0.717, 1.165) is 20.5 Å². The maximum absolute atomic E-state index is 11.6. The van der Waals surface area contributed by atoms with E-state index in [-0.39, 0.29) is 0 Å². The molecule has 0 radical (unpaired) electrons. The molecule has 0 aliphatic carbocycles. The monoisotopic (exact) mass is 303 g/mol. The zero-order valence-electron chi connectivity index (χ0n) is 10.5. The molecule has 0 spiro atoms. The number of benzene rings is 1. The number of aliphatic carboxylic acids is 1. The highest BCUT2D eigenvalue weighted by atomic mass is 32.1. The number of hydrogen-bond acceptors (Lipinski definition) is 4. The predicted octanol–water partition coefficient (Wildman–Crippen LogP) is 3.83. The van der Waals surface area contributed by atoms with Gasteiger partial charge in [0, 0.05) is 9.58 Å². The van der Waals surface area contributed by atoms with Gasteiger partial charge in [0.15, 0.2) is 0 Å². The van der Waals surface area contributed by atoms with Gasteiger partial charge in [-0.1, -0.05) is 18.2 Å². The van der Waals surface area contributed by atoms with Gasteiger partial charge in [0.05, 0.1) is 6.04 Å². The standard InChI is InChI=1S/C15H13NO2S2/c16-14(13(15(17)18)10-5-6-19-8-10)12-7-9-3-1-2-4-11(9)20-12/h1-8,13-14H,16H2,(H,17,18). The topological polar surface area (TPSA) is 63.3 Å². The highest BCUT2D eigenvalue weighted by Crippen LogP contribution is 2.36. The van der Waals surface area contributed by atoms with Gasteiger partial charge in [-0.3, -0.25) is 4.79 Å². The number of fused-ring (bicyclic) bond motifs is 1. The summed E-state index contributed by atoms with van der Waals surface area (Å²) in [5.41, 5.74) is 7.00. The van der Waals surface area contributed by atoms with Crippen molar-refractivity contribution in [2.75, 3.05) is 0 Å². The quantitative estimate of drug-likeness (QED) is 0.770. The summed E-state index contributed by atoms with van der Waals surface area (Å²) in [6, 6.07) is 11.3. The lowest BCUT2D eigenvalue weighted by Crippen LogP contribution is -2.25. The summed E-state index contributed by atoms with van der Waals surface area (Å²) in [6.07, 6.45) is 0. The summed E-state index contributed by atoms with van der Waals surface area (Å²) in [4.78, 5) is 12.5. The van der Waals surface area contributed by atoms with Crippen LogP contribution in [0, 0.1) is 0 Å². The summed E-state index contributed by atoms with van der Waals surface area (Å²) in [5.74, 6) is -1.58. The number of carboxylic acid groups (broad SMARTS) is 1. The number of nitrogens with two attached hydrogens (primary N) is 1. The van der Waals surface area contributed by atoms with E-state index in [4.69, 9.17) is 5.73 Å². The van der Waals surface area contributed by atoms with Crippen LogP contribution in [0.25, 0.3) is 10.1 Å². The van der Waals surface area contributed by atoms with Crippen molar-refractivity contribution in [3.8, 4) is 0 Å². The molecule has 0 amide bonds. The largest absolute Gasteiger partial charge is 0.481 e. The first-order chi connectivity index (χ1) is 9.66. The third-order valence-corrected chi connectivity index (χ3v) is 5.22. The Morgan fingerprint density at radius 3 is 2.70 bits per heavy atom. The second-order valence-corrected chi connectivity index (χ2v) is 6.48. The Morgan fingerprint density at radius 2 is 2.05 bits per heavy atom. The lowest BCUT2D eigenvalue weighted by molar-refractivity contribution is -0.139. The van der Waals surface area contributed by atoms with Crippen LogP contribution in [0.3, 0.4) is 0 Å². The van der Waals surface area contributed by atoms with E-state index in [2.05, 4.69) is 0 Å². The number of rotatable bonds is 4. The number of carboxylic acids is 1. The summed E-state index contributed by atoms with van der Waals surface area (Å²) >= 11 is 3.05. The zero-order chi connectivity index (χ0) is 14.1. The smallest absolute Gasteiger partial charge is 0.312 e. The van der Waals surface area contributed by atoms with Gasteiger partial charge in [0.2, 0.25) is 0 Å². The average molecular weight is 303 g/mol. The fraction of sp³-hybridized carbons (Fsp3) is 0.133. The maximum atomic E-state index is 11.6. The summed E-state index contributed by atoms with van der Waals surface area (Å²) < 4.78 is 1.13. The first-order valence-corrected chi connectivity index (χ1v) is 7.91. The highest BCUT2D eigenvalue weighted by molar-refractivity contribution is 7.19. The summed E-state index contributed by atoms with van der Waals surface area (Å²) in [6.45, 7) is 0. The van der Waals surface area contributed by atoms with E-state index in [1.54, 1.807) is 11.3 Å². The molecule has 3 nitrogen and oxygen atoms in total. The van der Waals surface area contributed by atoms with Gasteiger partial charge in [0.1, 0.15) is 5.92 Å². The second kappa shape index (κ2) is 5.36. The highest BCUT2D eigenvalue weighted by Gasteiger charge is 2.29. The van der Waals surface area contributed by atoms with Crippen LogP contribution < -0.4 is 5.73 Å². The van der Waals surface area contributed by atoms with Gasteiger partial charge < -0.3 is 10.8 Å². The molecule has 1 aromatic carbocycles. The Morgan fingerprint density at radius 1 is 1.25 bits per heavy atom. The number of carbonyl (C=O) groups is 1. The van der Waals surface area contributed by atoms with Crippen LogP contribution >= 0.6 is 22.7 Å². The van der Waals surface area contributed by atoms with Crippen molar-refractivity contribution in [3.63, 3.8) is 0 Å². The first kappa shape index (κ1) is 13.3. The van der Waals surface area contributed by atoms with Crippen LogP contribution in [0.1, 0.15) is 22.4 Å². The molecule has 0 aliphatic rings. The molecule has 0 bridgehead atoms. The van der Waals surface area contributed by atoms with Gasteiger partial charge in [-0.05, 0) is 39.9 Å². The van der Waals surface area contributed by atoms with E-state index < -0.39 is 17.9 Å². The van der Waals surface area contributed by atoms with Crippen molar-refractivity contribution in [1.82, 2.24) is 0 Å². The lowest BCUT2D eigenvalue weighted by atomic mass is 9.93. The van der Waals surface area contributed by atoms with Crippen molar-refractivity contribution < 1.29 is 9.90 Å². The van der Waals surface area contributed by atoms with E-state index in [1.807, 2.05) is 47.2 Å². The fourth-order valence-corrected chi connectivity index (χ4v) is 4.09. The molecule has 3 aromatic rings. The molecule has 0 fully saturated rings. The molecule has 0 saturated heterocycles. The van der Waals surface area contributed by atoms with E-state index in [9.17, 15) is 9.90 Å². The molecule has 2 aromatic heterocycles. The SMILES string of the molecule is NC(c1cc2ccccc2s1)C(C(=O)O)c1ccsc1.